The van der Waals surface area contributed by atoms with Gasteiger partial charge in [-0.25, -0.2) is 0 Å². The standard InChI is InChI=1S/C12H16N2O/c1-8(2)13-10-4-5-11-9(6-10)7-12(15)14(11)3/h4-6,8,13H,7H2,1-3H3. The molecule has 1 aliphatic rings. The van der Waals surface area contributed by atoms with Gasteiger partial charge in [-0.05, 0) is 37.6 Å². The van der Waals surface area contributed by atoms with E-state index in [4.69, 9.17) is 0 Å². The molecule has 2 rings (SSSR count). The number of fused-ring (bicyclic) bond motifs is 1. The number of benzene rings is 1. The van der Waals surface area contributed by atoms with Crippen LogP contribution in [-0.2, 0) is 11.2 Å². The van der Waals surface area contributed by atoms with Crippen molar-refractivity contribution in [1.29, 1.82) is 0 Å². The molecule has 0 aliphatic carbocycles. The molecule has 1 aromatic rings. The Morgan fingerprint density at radius 1 is 1.40 bits per heavy atom. The highest BCUT2D eigenvalue weighted by Gasteiger charge is 2.23. The Morgan fingerprint density at radius 2 is 2.13 bits per heavy atom. The van der Waals surface area contributed by atoms with Gasteiger partial charge in [0.25, 0.3) is 0 Å². The molecule has 0 unspecified atom stereocenters. The molecule has 15 heavy (non-hydrogen) atoms. The Bertz CT molecular complexity index is 399. The molecule has 0 atom stereocenters. The Hall–Kier alpha value is -1.51. The lowest BCUT2D eigenvalue weighted by molar-refractivity contribution is -0.117. The molecule has 0 aromatic heterocycles. The van der Waals surface area contributed by atoms with Crippen LogP contribution < -0.4 is 10.2 Å². The average Bonchev–Trinajstić information content (AvgIpc) is 2.41. The third kappa shape index (κ3) is 1.82. The molecule has 1 aliphatic heterocycles. The number of nitrogens with zero attached hydrogens (tertiary/aromatic N) is 1. The second-order valence-corrected chi connectivity index (χ2v) is 4.27. The highest BCUT2D eigenvalue weighted by Crippen LogP contribution is 2.30. The molecule has 1 heterocycles. The molecule has 0 bridgehead atoms. The van der Waals surface area contributed by atoms with Gasteiger partial charge in [-0.15, -0.1) is 0 Å². The van der Waals surface area contributed by atoms with Crippen LogP contribution in [0.4, 0.5) is 11.4 Å². The summed E-state index contributed by atoms with van der Waals surface area (Å²) in [5.41, 5.74) is 3.24. The Balaban J connectivity index is 2.29. The first-order valence-electron chi connectivity index (χ1n) is 5.24. The van der Waals surface area contributed by atoms with Gasteiger partial charge in [0.2, 0.25) is 5.91 Å². The topological polar surface area (TPSA) is 32.3 Å². The largest absolute Gasteiger partial charge is 0.383 e. The van der Waals surface area contributed by atoms with Crippen molar-refractivity contribution in [3.8, 4) is 0 Å². The number of hydrogen-bond donors (Lipinski definition) is 1. The molecule has 1 N–H and O–H groups in total. The predicted molar refractivity (Wildman–Crippen MR) is 62.3 cm³/mol. The molecule has 80 valence electrons. The van der Waals surface area contributed by atoms with Crippen LogP contribution in [0, 0.1) is 0 Å². The van der Waals surface area contributed by atoms with Gasteiger partial charge < -0.3 is 10.2 Å². The van der Waals surface area contributed by atoms with Gasteiger partial charge in [0, 0.05) is 24.5 Å². The average molecular weight is 204 g/mol. The molecule has 0 fully saturated rings. The van der Waals surface area contributed by atoms with Crippen LogP contribution in [0.25, 0.3) is 0 Å². The van der Waals surface area contributed by atoms with Crippen LogP contribution >= 0.6 is 0 Å². The van der Waals surface area contributed by atoms with Crippen LogP contribution in [0.3, 0.4) is 0 Å². The summed E-state index contributed by atoms with van der Waals surface area (Å²) in [5.74, 6) is 0.173. The van der Waals surface area contributed by atoms with Gasteiger partial charge in [0.05, 0.1) is 6.42 Å². The van der Waals surface area contributed by atoms with Crippen molar-refractivity contribution in [2.45, 2.75) is 26.3 Å². The smallest absolute Gasteiger partial charge is 0.231 e. The third-order valence-corrected chi connectivity index (χ3v) is 2.61. The monoisotopic (exact) mass is 204 g/mol. The first-order valence-corrected chi connectivity index (χ1v) is 5.24. The fourth-order valence-corrected chi connectivity index (χ4v) is 1.89. The van der Waals surface area contributed by atoms with E-state index < -0.39 is 0 Å². The summed E-state index contributed by atoms with van der Waals surface area (Å²) in [6.07, 6.45) is 0.527. The van der Waals surface area contributed by atoms with Gasteiger partial charge in [0.1, 0.15) is 0 Å². The summed E-state index contributed by atoms with van der Waals surface area (Å²) in [6, 6.07) is 6.51. The fourth-order valence-electron chi connectivity index (χ4n) is 1.89. The summed E-state index contributed by atoms with van der Waals surface area (Å²) in [6.45, 7) is 4.20. The van der Waals surface area contributed by atoms with Gasteiger partial charge in [-0.2, -0.15) is 0 Å². The van der Waals surface area contributed by atoms with E-state index in [1.807, 2.05) is 19.2 Å². The molecule has 0 saturated carbocycles. The van der Waals surface area contributed by atoms with E-state index in [1.54, 1.807) is 4.90 Å². The van der Waals surface area contributed by atoms with Crippen LogP contribution in [-0.4, -0.2) is 19.0 Å². The lowest BCUT2D eigenvalue weighted by Gasteiger charge is -2.13. The highest BCUT2D eigenvalue weighted by molar-refractivity contribution is 6.01. The van der Waals surface area contributed by atoms with Crippen molar-refractivity contribution in [3.05, 3.63) is 23.8 Å². The first kappa shape index (κ1) is 10.0. The zero-order valence-electron chi connectivity index (χ0n) is 9.37. The summed E-state index contributed by atoms with van der Waals surface area (Å²) in [4.78, 5) is 13.2. The summed E-state index contributed by atoms with van der Waals surface area (Å²) in [5, 5.41) is 3.33. The van der Waals surface area contributed by atoms with Crippen molar-refractivity contribution < 1.29 is 4.79 Å². The summed E-state index contributed by atoms with van der Waals surface area (Å²) < 4.78 is 0. The number of carbonyl (C=O) groups excluding carboxylic acids is 1. The maximum atomic E-state index is 11.5. The van der Waals surface area contributed by atoms with Crippen molar-refractivity contribution in [2.75, 3.05) is 17.3 Å². The lowest BCUT2D eigenvalue weighted by Crippen LogP contribution is -2.20. The number of amides is 1. The SMILES string of the molecule is CC(C)Nc1ccc2c(c1)CC(=O)N2C. The molecule has 3 nitrogen and oxygen atoms in total. The zero-order chi connectivity index (χ0) is 11.0. The van der Waals surface area contributed by atoms with E-state index >= 15 is 0 Å². The summed E-state index contributed by atoms with van der Waals surface area (Å²) >= 11 is 0. The van der Waals surface area contributed by atoms with E-state index in [-0.39, 0.29) is 5.91 Å². The van der Waals surface area contributed by atoms with Gasteiger partial charge in [-0.3, -0.25) is 4.79 Å². The van der Waals surface area contributed by atoms with Crippen molar-refractivity contribution in [3.63, 3.8) is 0 Å². The van der Waals surface area contributed by atoms with Crippen LogP contribution in [0.15, 0.2) is 18.2 Å². The Morgan fingerprint density at radius 3 is 2.80 bits per heavy atom. The van der Waals surface area contributed by atoms with Crippen LogP contribution in [0.2, 0.25) is 0 Å². The van der Waals surface area contributed by atoms with E-state index in [2.05, 4.69) is 25.2 Å². The van der Waals surface area contributed by atoms with E-state index in [1.165, 1.54) is 0 Å². The van der Waals surface area contributed by atoms with E-state index in [0.29, 0.717) is 12.5 Å². The molecule has 0 spiro atoms. The first-order chi connectivity index (χ1) is 7.08. The van der Waals surface area contributed by atoms with Gasteiger partial charge >= 0.3 is 0 Å². The minimum Gasteiger partial charge on any atom is -0.383 e. The van der Waals surface area contributed by atoms with E-state index in [0.717, 1.165) is 16.9 Å². The summed E-state index contributed by atoms with van der Waals surface area (Å²) in [7, 11) is 1.82. The molecule has 0 radical (unpaired) electrons. The maximum absolute atomic E-state index is 11.5. The van der Waals surface area contributed by atoms with Crippen LogP contribution in [0.1, 0.15) is 19.4 Å². The van der Waals surface area contributed by atoms with Crippen LogP contribution in [0.5, 0.6) is 0 Å². The molecule has 1 aromatic carbocycles. The van der Waals surface area contributed by atoms with Gasteiger partial charge in [-0.1, -0.05) is 0 Å². The lowest BCUT2D eigenvalue weighted by atomic mass is 10.1. The molecular weight excluding hydrogens is 188 g/mol. The molecule has 0 saturated heterocycles. The molecule has 1 amide bonds. The zero-order valence-corrected chi connectivity index (χ0v) is 9.37. The number of rotatable bonds is 2. The highest BCUT2D eigenvalue weighted by atomic mass is 16.2. The number of nitrogens with one attached hydrogen (secondary N) is 1. The predicted octanol–water partition coefficient (Wildman–Crippen LogP) is 2.03. The molecular formula is C12H16N2O. The minimum absolute atomic E-state index is 0.173. The second kappa shape index (κ2) is 3.57. The minimum atomic E-state index is 0.173. The third-order valence-electron chi connectivity index (χ3n) is 2.61. The van der Waals surface area contributed by atoms with Crippen molar-refractivity contribution in [2.24, 2.45) is 0 Å². The second-order valence-electron chi connectivity index (χ2n) is 4.27. The number of likely N-dealkylation sites (N-methyl/N-ethyl adjacent to an activating group) is 1. The normalized spacial score (nSPS) is 14.7. The number of carbonyl (C=O) groups is 1. The van der Waals surface area contributed by atoms with Crippen molar-refractivity contribution in [1.82, 2.24) is 0 Å². The molecule has 3 heteroatoms. The van der Waals surface area contributed by atoms with Gasteiger partial charge in [0.15, 0.2) is 0 Å². The Kier molecular flexibility index (Phi) is 2.39. The van der Waals surface area contributed by atoms with Crippen molar-refractivity contribution >= 4 is 17.3 Å². The number of hydrogen-bond acceptors (Lipinski definition) is 2. The number of anilines is 2. The quantitative estimate of drug-likeness (QED) is 0.799. The maximum Gasteiger partial charge on any atom is 0.231 e. The Labute approximate surface area is 90.1 Å². The van der Waals surface area contributed by atoms with E-state index in [9.17, 15) is 4.79 Å². The fraction of sp³-hybridized carbons (Fsp3) is 0.417.